The minimum atomic E-state index is -0.839. The summed E-state index contributed by atoms with van der Waals surface area (Å²) >= 11 is 5.89. The van der Waals surface area contributed by atoms with Crippen LogP contribution < -0.4 is 15.0 Å². The molecule has 1 saturated heterocycles. The number of nitrogens with one attached hydrogen (secondary N) is 1. The number of halogens is 1. The van der Waals surface area contributed by atoms with E-state index in [1.807, 2.05) is 0 Å². The van der Waals surface area contributed by atoms with Gasteiger partial charge in [0.05, 0.1) is 19.2 Å². The monoisotopic (exact) mass is 441 g/mol. The van der Waals surface area contributed by atoms with Gasteiger partial charge in [-0.2, -0.15) is 0 Å². The average molecular weight is 442 g/mol. The van der Waals surface area contributed by atoms with E-state index in [9.17, 15) is 14.4 Å². The third-order valence-electron chi connectivity index (χ3n) is 5.79. The highest BCUT2D eigenvalue weighted by molar-refractivity contribution is 6.30. The lowest BCUT2D eigenvalue weighted by molar-refractivity contribution is -0.124. The molecule has 2 aliphatic rings. The van der Waals surface area contributed by atoms with Crippen LogP contribution in [0.5, 0.6) is 5.75 Å². The summed E-state index contributed by atoms with van der Waals surface area (Å²) in [5.74, 6) is -0.171. The summed E-state index contributed by atoms with van der Waals surface area (Å²) in [6, 6.07) is 12.3. The van der Waals surface area contributed by atoms with Gasteiger partial charge < -0.3 is 15.0 Å². The van der Waals surface area contributed by atoms with E-state index in [2.05, 4.69) is 5.32 Å². The van der Waals surface area contributed by atoms with Crippen LogP contribution in [0.3, 0.4) is 0 Å². The first-order valence-electron chi connectivity index (χ1n) is 10.3. The number of hydrogen-bond acceptors (Lipinski definition) is 4. The van der Waals surface area contributed by atoms with Crippen LogP contribution in [0.1, 0.15) is 32.1 Å². The molecule has 4 amide bonds. The van der Waals surface area contributed by atoms with Crippen molar-refractivity contribution in [3.05, 3.63) is 53.6 Å². The zero-order valence-electron chi connectivity index (χ0n) is 17.2. The number of hydrogen-bond donors (Lipinski definition) is 1. The Labute approximate surface area is 185 Å². The molecule has 0 spiro atoms. The number of imide groups is 1. The van der Waals surface area contributed by atoms with Crippen LogP contribution in [0.25, 0.3) is 0 Å². The van der Waals surface area contributed by atoms with Gasteiger partial charge in [-0.25, -0.2) is 9.69 Å². The lowest BCUT2D eigenvalue weighted by Crippen LogP contribution is -2.43. The van der Waals surface area contributed by atoms with Gasteiger partial charge in [-0.1, -0.05) is 30.5 Å². The second-order valence-corrected chi connectivity index (χ2v) is 8.21. The summed E-state index contributed by atoms with van der Waals surface area (Å²) in [4.78, 5) is 42.2. The van der Waals surface area contributed by atoms with Gasteiger partial charge in [0, 0.05) is 22.8 Å². The van der Waals surface area contributed by atoms with E-state index >= 15 is 0 Å². The summed E-state index contributed by atoms with van der Waals surface area (Å²) in [7, 11) is 1.53. The summed E-state index contributed by atoms with van der Waals surface area (Å²) in [6.07, 6.45) is 3.57. The molecule has 1 atom stereocenters. The number of nitrogens with zero attached hydrogens (tertiary/aromatic N) is 2. The van der Waals surface area contributed by atoms with Crippen LogP contribution in [0.15, 0.2) is 48.5 Å². The van der Waals surface area contributed by atoms with Gasteiger partial charge in [0.25, 0.3) is 5.91 Å². The van der Waals surface area contributed by atoms with Crippen molar-refractivity contribution < 1.29 is 19.1 Å². The fourth-order valence-corrected chi connectivity index (χ4v) is 4.42. The van der Waals surface area contributed by atoms with Crippen molar-refractivity contribution in [2.24, 2.45) is 0 Å². The Kier molecular flexibility index (Phi) is 6.13. The van der Waals surface area contributed by atoms with E-state index in [0.717, 1.165) is 25.7 Å². The molecule has 8 heteroatoms. The van der Waals surface area contributed by atoms with Crippen LogP contribution in [-0.4, -0.2) is 41.9 Å². The fourth-order valence-electron chi connectivity index (χ4n) is 4.30. The second-order valence-electron chi connectivity index (χ2n) is 7.78. The first-order valence-corrected chi connectivity index (χ1v) is 10.7. The zero-order chi connectivity index (χ0) is 22.0. The molecule has 4 rings (SSSR count). The molecule has 1 heterocycles. The van der Waals surface area contributed by atoms with Gasteiger partial charge in [-0.05, 0) is 49.2 Å². The maximum absolute atomic E-state index is 13.3. The maximum atomic E-state index is 13.3. The van der Waals surface area contributed by atoms with Gasteiger partial charge >= 0.3 is 6.03 Å². The standard InChI is InChI=1S/C23H24ClN3O4/c1-31-19-8-4-7-18(13-19)27-22(29)20(26(23(27)30)17-5-2-3-6-17)14-21(28)25-16-11-9-15(24)10-12-16/h4,7-13,17,20H,2-3,5-6,14H2,1H3,(H,25,28). The third kappa shape index (κ3) is 4.37. The van der Waals surface area contributed by atoms with Gasteiger partial charge in [0.2, 0.25) is 5.91 Å². The van der Waals surface area contributed by atoms with E-state index in [4.69, 9.17) is 16.3 Å². The van der Waals surface area contributed by atoms with Crippen LogP contribution in [0.2, 0.25) is 5.02 Å². The molecule has 0 bridgehead atoms. The largest absolute Gasteiger partial charge is 0.497 e. The summed E-state index contributed by atoms with van der Waals surface area (Å²) in [5, 5.41) is 3.35. The van der Waals surface area contributed by atoms with Crippen molar-refractivity contribution in [3.63, 3.8) is 0 Å². The predicted molar refractivity (Wildman–Crippen MR) is 118 cm³/mol. The molecule has 1 N–H and O–H groups in total. The number of urea groups is 1. The number of benzene rings is 2. The molecule has 0 aromatic heterocycles. The summed E-state index contributed by atoms with van der Waals surface area (Å²) < 4.78 is 5.24. The van der Waals surface area contributed by atoms with Gasteiger partial charge in [0.1, 0.15) is 11.8 Å². The number of amides is 4. The lowest BCUT2D eigenvalue weighted by Gasteiger charge is -2.27. The number of methoxy groups -OCH3 is 1. The number of anilines is 2. The summed E-state index contributed by atoms with van der Waals surface area (Å²) in [5.41, 5.74) is 1.03. The number of rotatable bonds is 6. The Hall–Kier alpha value is -3.06. The molecule has 1 aliphatic heterocycles. The van der Waals surface area contributed by atoms with Crippen molar-refractivity contribution >= 4 is 40.8 Å². The number of carbonyl (C=O) groups excluding carboxylic acids is 3. The molecule has 31 heavy (non-hydrogen) atoms. The zero-order valence-corrected chi connectivity index (χ0v) is 18.0. The molecule has 2 aromatic rings. The first kappa shape index (κ1) is 21.2. The van der Waals surface area contributed by atoms with E-state index in [1.165, 1.54) is 12.0 Å². The third-order valence-corrected chi connectivity index (χ3v) is 6.04. The minimum absolute atomic E-state index is 0.0413. The second kappa shape index (κ2) is 8.98. The molecule has 1 aliphatic carbocycles. The maximum Gasteiger partial charge on any atom is 0.332 e. The van der Waals surface area contributed by atoms with Crippen LogP contribution in [0.4, 0.5) is 16.2 Å². The Morgan fingerprint density at radius 1 is 1.13 bits per heavy atom. The van der Waals surface area contributed by atoms with Gasteiger partial charge in [0.15, 0.2) is 0 Å². The van der Waals surface area contributed by atoms with Crippen LogP contribution >= 0.6 is 11.6 Å². The summed E-state index contributed by atoms with van der Waals surface area (Å²) in [6.45, 7) is 0. The minimum Gasteiger partial charge on any atom is -0.497 e. The van der Waals surface area contributed by atoms with Gasteiger partial charge in [-0.15, -0.1) is 0 Å². The van der Waals surface area contributed by atoms with E-state index in [1.54, 1.807) is 53.4 Å². The molecule has 2 aromatic carbocycles. The Bertz CT molecular complexity index is 989. The SMILES string of the molecule is COc1cccc(N2C(=O)C(CC(=O)Nc3ccc(Cl)cc3)N(C3CCCC3)C2=O)c1. The molecule has 7 nitrogen and oxygen atoms in total. The number of carbonyl (C=O) groups is 3. The van der Waals surface area contributed by atoms with Crippen molar-refractivity contribution in [2.75, 3.05) is 17.3 Å². The normalized spacial score (nSPS) is 19.2. The molecule has 162 valence electrons. The highest BCUT2D eigenvalue weighted by Crippen LogP contribution is 2.35. The highest BCUT2D eigenvalue weighted by Gasteiger charge is 2.49. The fraction of sp³-hybridized carbons (Fsp3) is 0.348. The van der Waals surface area contributed by atoms with E-state index < -0.39 is 11.9 Å². The molecule has 0 radical (unpaired) electrons. The molecular weight excluding hydrogens is 418 g/mol. The Balaban J connectivity index is 1.58. The van der Waals surface area contributed by atoms with E-state index in [0.29, 0.717) is 22.1 Å². The van der Waals surface area contributed by atoms with Crippen molar-refractivity contribution in [1.29, 1.82) is 0 Å². The molecule has 2 fully saturated rings. The van der Waals surface area contributed by atoms with E-state index in [-0.39, 0.29) is 24.4 Å². The predicted octanol–water partition coefficient (Wildman–Crippen LogP) is 4.46. The van der Waals surface area contributed by atoms with Crippen molar-refractivity contribution in [3.8, 4) is 5.75 Å². The van der Waals surface area contributed by atoms with Crippen molar-refractivity contribution in [2.45, 2.75) is 44.2 Å². The number of ether oxygens (including phenoxy) is 1. The molecular formula is C23H24ClN3O4. The quantitative estimate of drug-likeness (QED) is 0.671. The van der Waals surface area contributed by atoms with Gasteiger partial charge in [-0.3, -0.25) is 9.59 Å². The van der Waals surface area contributed by atoms with Crippen molar-refractivity contribution in [1.82, 2.24) is 4.90 Å². The first-order chi connectivity index (χ1) is 15.0. The molecule has 1 unspecified atom stereocenters. The highest BCUT2D eigenvalue weighted by atomic mass is 35.5. The topological polar surface area (TPSA) is 79.0 Å². The smallest absolute Gasteiger partial charge is 0.332 e. The van der Waals surface area contributed by atoms with Crippen LogP contribution in [0, 0.1) is 0 Å². The Morgan fingerprint density at radius 3 is 2.52 bits per heavy atom. The van der Waals surface area contributed by atoms with Crippen LogP contribution in [-0.2, 0) is 9.59 Å². The molecule has 1 saturated carbocycles. The lowest BCUT2D eigenvalue weighted by atomic mass is 10.1. The Morgan fingerprint density at radius 2 is 1.84 bits per heavy atom. The average Bonchev–Trinajstić information content (AvgIpc) is 3.36.